The highest BCUT2D eigenvalue weighted by molar-refractivity contribution is 5.97. The van der Waals surface area contributed by atoms with Gasteiger partial charge >= 0.3 is 0 Å². The molecule has 6 aromatic carbocycles. The van der Waals surface area contributed by atoms with Crippen LogP contribution < -0.4 is 0 Å². The van der Waals surface area contributed by atoms with Gasteiger partial charge in [-0.1, -0.05) is 153 Å². The van der Waals surface area contributed by atoms with Crippen molar-refractivity contribution < 1.29 is 40.7 Å². The van der Waals surface area contributed by atoms with Crippen LogP contribution in [0, 0.1) is 6.85 Å². The number of phenolic OH excluding ortho intramolecular Hbond substituents is 1. The molecule has 0 saturated carbocycles. The molecule has 0 aliphatic carbocycles. The van der Waals surface area contributed by atoms with Crippen LogP contribution in [0.3, 0.4) is 0 Å². The van der Waals surface area contributed by atoms with E-state index in [9.17, 15) is 5.11 Å². The van der Waals surface area contributed by atoms with Crippen LogP contribution in [0.25, 0.3) is 72.7 Å². The number of aromatic nitrogens is 3. The average molecular weight is 800 g/mol. The van der Waals surface area contributed by atoms with Crippen LogP contribution in [0.4, 0.5) is 0 Å². The quantitative estimate of drug-likeness (QED) is 0.182. The molecule has 0 saturated heterocycles. The van der Waals surface area contributed by atoms with Crippen LogP contribution in [-0.4, -0.2) is 19.6 Å². The van der Waals surface area contributed by atoms with Gasteiger partial charge in [-0.15, -0.1) is 0 Å². The second-order valence-corrected chi connectivity index (χ2v) is 15.4. The van der Waals surface area contributed by atoms with Crippen molar-refractivity contribution in [2.75, 3.05) is 0 Å². The minimum atomic E-state index is -4.27. The standard InChI is InChI=1S/C55H55N3O/c1-35-28-38(36-18-13-11-14-19-36)24-25-48(35)58-49-23-17-22-44(50(49)57-52(58)45-33-43(54(5,6)7)34-46(51(45)59)55(8,9)10)40-29-41(31-42(30-40)53(2,3)4)47-32-39(26-27-56-47)37-20-15-12-16-21-37/h11-34,59H,1-10H3/i1D3,5D3,6D3,7D3,8D3,9D3,10D3,12D,15D,16D,20D,21D. The fraction of sp³-hybridized carbons (Fsp3) is 0.236. The molecule has 8 rings (SSSR count). The van der Waals surface area contributed by atoms with Crippen molar-refractivity contribution in [1.29, 1.82) is 0 Å². The Kier molecular flexibility index (Phi) is 4.83. The van der Waals surface area contributed by atoms with Crippen LogP contribution in [0.2, 0.25) is 0 Å². The van der Waals surface area contributed by atoms with Crippen molar-refractivity contribution in [3.05, 3.63) is 168 Å². The van der Waals surface area contributed by atoms with Crippen molar-refractivity contribution in [1.82, 2.24) is 14.5 Å². The molecule has 0 spiro atoms. The van der Waals surface area contributed by atoms with E-state index < -0.39 is 128 Å². The Morgan fingerprint density at radius 3 is 2.05 bits per heavy atom. The van der Waals surface area contributed by atoms with Gasteiger partial charge in [0.1, 0.15) is 11.6 Å². The fourth-order valence-electron chi connectivity index (χ4n) is 7.11. The number of aromatic hydroxyl groups is 1. The smallest absolute Gasteiger partial charge is 0.149 e. The summed E-state index contributed by atoms with van der Waals surface area (Å²) in [5.41, 5.74) is -10.9. The van der Waals surface area contributed by atoms with E-state index in [-0.39, 0.29) is 45.2 Å². The number of fused-ring (bicyclic) bond motifs is 1. The molecule has 0 aliphatic heterocycles. The molecule has 0 fully saturated rings. The number of imidazole rings is 1. The first-order valence-corrected chi connectivity index (χ1v) is 18.6. The summed E-state index contributed by atoms with van der Waals surface area (Å²) in [7, 11) is 0. The molecule has 2 heterocycles. The SMILES string of the molecule is [2H]c1c([2H])c([2H])c(-c2ccnc(-c3cc(-c4cccc5c4nc(-c4cc(C(C([2H])([2H])[2H])(C([2H])([2H])[2H])C([2H])([2H])[2H])cc(C(C([2H])([2H])[2H])(C([2H])([2H])[2H])C([2H])([2H])[2H])c4O)n5-c4ccc(-c5ccccc5)cc4C([2H])([2H])[2H])cc(C(C)(C)C)c3)c2)c([2H])c1[2H]. The number of hydrogen-bond acceptors (Lipinski definition) is 3. The summed E-state index contributed by atoms with van der Waals surface area (Å²) in [6.07, 6.45) is 1.39. The summed E-state index contributed by atoms with van der Waals surface area (Å²) >= 11 is 0. The highest BCUT2D eigenvalue weighted by atomic mass is 16.3. The highest BCUT2D eigenvalue weighted by Gasteiger charge is 2.29. The number of nitrogens with zero attached hydrogens (tertiary/aromatic N) is 3. The average Bonchev–Trinajstić information content (AvgIpc) is 2.30. The van der Waals surface area contributed by atoms with Crippen molar-refractivity contribution >= 4 is 11.0 Å². The molecule has 1 N–H and O–H groups in total. The van der Waals surface area contributed by atoms with Crippen LogP contribution in [-0.2, 0) is 16.2 Å². The van der Waals surface area contributed by atoms with Gasteiger partial charge in [0.25, 0.3) is 0 Å². The third kappa shape index (κ3) is 7.72. The van der Waals surface area contributed by atoms with Gasteiger partial charge in [0.15, 0.2) is 0 Å². The van der Waals surface area contributed by atoms with Crippen LogP contribution in [0.15, 0.2) is 146 Å². The molecule has 4 heteroatoms. The van der Waals surface area contributed by atoms with Gasteiger partial charge in [-0.25, -0.2) is 4.98 Å². The summed E-state index contributed by atoms with van der Waals surface area (Å²) in [5.74, 6) is -2.26. The molecule has 2 aromatic heterocycles. The van der Waals surface area contributed by atoms with Crippen LogP contribution in [0.5, 0.6) is 5.75 Å². The highest BCUT2D eigenvalue weighted by Crippen LogP contribution is 2.45. The maximum absolute atomic E-state index is 12.9. The minimum absolute atomic E-state index is 0.0386. The lowest BCUT2D eigenvalue weighted by Crippen LogP contribution is -2.17. The van der Waals surface area contributed by atoms with Crippen LogP contribution in [0.1, 0.15) is 120 Å². The number of pyridine rings is 1. The van der Waals surface area contributed by atoms with E-state index in [0.717, 1.165) is 4.57 Å². The molecule has 0 amide bonds. The maximum atomic E-state index is 12.9. The number of benzene rings is 6. The Labute approximate surface area is 386 Å². The number of aryl methyl sites for hydroxylation is 1. The van der Waals surface area contributed by atoms with Gasteiger partial charge in [-0.05, 0) is 116 Å². The lowest BCUT2D eigenvalue weighted by molar-refractivity contribution is 0.446. The summed E-state index contributed by atoms with van der Waals surface area (Å²) in [6, 6.07) is 23.7. The number of phenols is 1. The van der Waals surface area contributed by atoms with Gasteiger partial charge in [0.2, 0.25) is 0 Å². The van der Waals surface area contributed by atoms with Gasteiger partial charge in [0, 0.05) is 51.7 Å². The van der Waals surface area contributed by atoms with Gasteiger partial charge < -0.3 is 5.11 Å². The second-order valence-electron chi connectivity index (χ2n) is 15.4. The normalized spacial score (nSPS) is 20.3. The Bertz CT molecular complexity index is 3810. The fourth-order valence-corrected chi connectivity index (χ4v) is 7.11. The molecule has 0 bridgehead atoms. The van der Waals surface area contributed by atoms with Gasteiger partial charge in [-0.2, -0.15) is 0 Å². The predicted octanol–water partition coefficient (Wildman–Crippen LogP) is 14.7. The molecular formula is C55H55N3O. The van der Waals surface area contributed by atoms with E-state index in [1.165, 1.54) is 48.7 Å². The van der Waals surface area contributed by atoms with Crippen molar-refractivity contribution in [3.63, 3.8) is 0 Å². The van der Waals surface area contributed by atoms with Crippen molar-refractivity contribution in [2.24, 2.45) is 0 Å². The summed E-state index contributed by atoms with van der Waals surface area (Å²) in [5, 5.41) is 12.9. The van der Waals surface area contributed by atoms with E-state index in [2.05, 4.69) is 4.98 Å². The Hall–Kier alpha value is -6.26. The third-order valence-electron chi connectivity index (χ3n) is 10.2. The molecule has 296 valence electrons. The molecule has 0 aliphatic rings. The first-order chi connectivity index (χ1) is 38.8. The number of para-hydroxylation sites is 1. The molecule has 59 heavy (non-hydrogen) atoms. The van der Waals surface area contributed by atoms with Gasteiger partial charge in [-0.3, -0.25) is 9.55 Å². The minimum Gasteiger partial charge on any atom is -0.507 e. The van der Waals surface area contributed by atoms with E-state index in [4.69, 9.17) is 40.6 Å². The monoisotopic (exact) mass is 800 g/mol. The molecule has 4 nitrogen and oxygen atoms in total. The second kappa shape index (κ2) is 14.8. The zero-order valence-corrected chi connectivity index (χ0v) is 32.3. The summed E-state index contributed by atoms with van der Waals surface area (Å²) in [6.45, 7) is -22.6. The molecule has 0 atom stereocenters. The van der Waals surface area contributed by atoms with Crippen molar-refractivity contribution in [3.8, 4) is 67.5 Å². The topological polar surface area (TPSA) is 50.9 Å². The number of hydrogen-bond donors (Lipinski definition) is 1. The van der Waals surface area contributed by atoms with Crippen molar-refractivity contribution in [2.45, 2.75) is 85.0 Å². The zero-order valence-electron chi connectivity index (χ0n) is 58.3. The van der Waals surface area contributed by atoms with E-state index in [1.54, 1.807) is 48.5 Å². The van der Waals surface area contributed by atoms with Crippen LogP contribution >= 0.6 is 0 Å². The summed E-state index contributed by atoms with van der Waals surface area (Å²) < 4.78 is 227. The maximum Gasteiger partial charge on any atom is 0.149 e. The number of rotatable bonds is 6. The Balaban J connectivity index is 1.60. The lowest BCUT2D eigenvalue weighted by Gasteiger charge is -2.27. The first kappa shape index (κ1) is 19.2. The van der Waals surface area contributed by atoms with E-state index in [0.29, 0.717) is 33.9 Å². The van der Waals surface area contributed by atoms with Gasteiger partial charge in [0.05, 0.1) is 34.8 Å². The molecular weight excluding hydrogens is 719 g/mol. The molecule has 8 aromatic rings. The molecule has 0 unspecified atom stereocenters. The first-order valence-electron chi connectivity index (χ1n) is 31.6. The summed E-state index contributed by atoms with van der Waals surface area (Å²) in [4.78, 5) is 9.59. The zero-order chi connectivity index (χ0) is 63.7. The Morgan fingerprint density at radius 2 is 1.32 bits per heavy atom. The van der Waals surface area contributed by atoms with E-state index in [1.807, 2.05) is 26.8 Å². The largest absolute Gasteiger partial charge is 0.507 e. The predicted molar refractivity (Wildman–Crippen MR) is 249 cm³/mol. The third-order valence-corrected chi connectivity index (χ3v) is 10.2. The van der Waals surface area contributed by atoms with E-state index >= 15 is 0 Å². The molecule has 0 radical (unpaired) electrons. The lowest BCUT2D eigenvalue weighted by atomic mass is 9.79. The Morgan fingerprint density at radius 1 is 0.593 bits per heavy atom.